The predicted octanol–water partition coefficient (Wildman–Crippen LogP) is 0.324. The summed E-state index contributed by atoms with van der Waals surface area (Å²) in [6, 6.07) is 3.54. The van der Waals surface area contributed by atoms with Crippen LogP contribution in [0.3, 0.4) is 0 Å². The lowest BCUT2D eigenvalue weighted by Gasteiger charge is -1.84. The molecule has 2 heteroatoms. The van der Waals surface area contributed by atoms with E-state index in [1.165, 1.54) is 0 Å². The van der Waals surface area contributed by atoms with Crippen molar-refractivity contribution in [3.63, 3.8) is 0 Å². The molecule has 0 amide bonds. The Bertz CT molecular complexity index is 203. The molecule has 9 heavy (non-hydrogen) atoms. The Morgan fingerprint density at radius 3 is 2.44 bits per heavy atom. The first kappa shape index (κ1) is 5.95. The Balaban J connectivity index is 3.01. The summed E-state index contributed by atoms with van der Waals surface area (Å²) >= 11 is 0. The van der Waals surface area contributed by atoms with Crippen LogP contribution in [0.1, 0.15) is 10.4 Å². The third-order valence-electron chi connectivity index (χ3n) is 1.14. The number of aromatic nitrogens is 1. The largest absolute Gasteiger partial charge is 0.298 e. The highest BCUT2D eigenvalue weighted by molar-refractivity contribution is 5.73. The van der Waals surface area contributed by atoms with Crippen molar-refractivity contribution in [3.05, 3.63) is 30.1 Å². The number of carbonyl (C=O) groups is 1. The molecule has 1 aromatic rings. The van der Waals surface area contributed by atoms with E-state index in [2.05, 4.69) is 0 Å². The van der Waals surface area contributed by atoms with Crippen LogP contribution in [0.4, 0.5) is 0 Å². The molecule has 46 valence electrons. The number of hydrogen-bond acceptors (Lipinski definition) is 1. The van der Waals surface area contributed by atoms with Crippen molar-refractivity contribution in [3.8, 4) is 0 Å². The average molecular weight is 122 g/mol. The van der Waals surface area contributed by atoms with E-state index in [1.807, 2.05) is 24.0 Å². The van der Waals surface area contributed by atoms with Gasteiger partial charge in [0.05, 0.1) is 0 Å². The normalized spacial score (nSPS) is 9.00. The summed E-state index contributed by atoms with van der Waals surface area (Å²) in [5, 5.41) is 0. The summed E-state index contributed by atoms with van der Waals surface area (Å²) in [5.41, 5.74) is 0.716. The molecule has 0 spiro atoms. The van der Waals surface area contributed by atoms with E-state index in [0.717, 1.165) is 6.29 Å². The Kier molecular flexibility index (Phi) is 1.58. The van der Waals surface area contributed by atoms with Gasteiger partial charge in [-0.3, -0.25) is 4.79 Å². The lowest BCUT2D eigenvalue weighted by molar-refractivity contribution is -0.671. The standard InChI is InChI=1S/C7H8NO/c1-8-4-2-7(6-9)3-5-8/h2-6H,1H3/q+1. The maximum absolute atomic E-state index is 10.1. The number of aldehydes is 1. The summed E-state index contributed by atoms with van der Waals surface area (Å²) < 4.78 is 1.88. The fourth-order valence-electron chi connectivity index (χ4n) is 0.591. The summed E-state index contributed by atoms with van der Waals surface area (Å²) in [5.74, 6) is 0. The van der Waals surface area contributed by atoms with Gasteiger partial charge in [0.15, 0.2) is 18.7 Å². The van der Waals surface area contributed by atoms with Gasteiger partial charge in [-0.25, -0.2) is 4.57 Å². The quantitative estimate of drug-likeness (QED) is 0.388. The van der Waals surface area contributed by atoms with E-state index in [-0.39, 0.29) is 0 Å². The summed E-state index contributed by atoms with van der Waals surface area (Å²) in [7, 11) is 1.91. The first-order valence-corrected chi connectivity index (χ1v) is 2.73. The van der Waals surface area contributed by atoms with Gasteiger partial charge in [-0.2, -0.15) is 0 Å². The van der Waals surface area contributed by atoms with E-state index < -0.39 is 0 Å². The minimum atomic E-state index is 0.716. The van der Waals surface area contributed by atoms with Crippen LogP contribution in [0.25, 0.3) is 0 Å². The fraction of sp³-hybridized carbons (Fsp3) is 0.143. The zero-order valence-corrected chi connectivity index (χ0v) is 5.24. The molecule has 2 nitrogen and oxygen atoms in total. The smallest absolute Gasteiger partial charge is 0.169 e. The van der Waals surface area contributed by atoms with Crippen LogP contribution >= 0.6 is 0 Å². The molecule has 0 saturated heterocycles. The molecule has 0 aliphatic carbocycles. The van der Waals surface area contributed by atoms with Crippen LogP contribution in [-0.4, -0.2) is 6.29 Å². The maximum atomic E-state index is 10.1. The highest BCUT2D eigenvalue weighted by Gasteiger charge is 1.90. The minimum Gasteiger partial charge on any atom is -0.298 e. The van der Waals surface area contributed by atoms with Gasteiger partial charge in [0, 0.05) is 17.7 Å². The molecule has 0 bridgehead atoms. The molecule has 0 fully saturated rings. The highest BCUT2D eigenvalue weighted by atomic mass is 16.1. The molecule has 0 unspecified atom stereocenters. The molecule has 1 aromatic heterocycles. The summed E-state index contributed by atoms with van der Waals surface area (Å²) in [4.78, 5) is 10.1. The van der Waals surface area contributed by atoms with Crippen molar-refractivity contribution in [1.29, 1.82) is 0 Å². The van der Waals surface area contributed by atoms with Gasteiger partial charge >= 0.3 is 0 Å². The molecule has 1 rings (SSSR count). The summed E-state index contributed by atoms with van der Waals surface area (Å²) in [6.45, 7) is 0. The minimum absolute atomic E-state index is 0.716. The molecule has 0 N–H and O–H groups in total. The second kappa shape index (κ2) is 2.40. The zero-order valence-electron chi connectivity index (χ0n) is 5.24. The number of carbonyl (C=O) groups excluding carboxylic acids is 1. The van der Waals surface area contributed by atoms with Crippen molar-refractivity contribution in [2.24, 2.45) is 7.05 Å². The van der Waals surface area contributed by atoms with Gasteiger partial charge in [0.1, 0.15) is 7.05 Å². The van der Waals surface area contributed by atoms with Crippen LogP contribution in [0.5, 0.6) is 0 Å². The van der Waals surface area contributed by atoms with Crippen molar-refractivity contribution in [2.45, 2.75) is 0 Å². The first-order chi connectivity index (χ1) is 4.33. The Morgan fingerprint density at radius 2 is 2.00 bits per heavy atom. The van der Waals surface area contributed by atoms with E-state index in [1.54, 1.807) is 12.1 Å². The number of aryl methyl sites for hydroxylation is 1. The highest BCUT2D eigenvalue weighted by Crippen LogP contribution is 1.86. The van der Waals surface area contributed by atoms with E-state index in [9.17, 15) is 4.79 Å². The van der Waals surface area contributed by atoms with E-state index in [0.29, 0.717) is 5.56 Å². The van der Waals surface area contributed by atoms with Crippen LogP contribution in [0, 0.1) is 0 Å². The summed E-state index contributed by atoms with van der Waals surface area (Å²) in [6.07, 6.45) is 4.51. The Morgan fingerprint density at radius 1 is 1.44 bits per heavy atom. The zero-order chi connectivity index (χ0) is 6.69. The topological polar surface area (TPSA) is 20.9 Å². The third-order valence-corrected chi connectivity index (χ3v) is 1.14. The molecule has 0 saturated carbocycles. The number of pyridine rings is 1. The number of rotatable bonds is 1. The third kappa shape index (κ3) is 1.35. The molecule has 0 radical (unpaired) electrons. The molecule has 0 aliphatic heterocycles. The van der Waals surface area contributed by atoms with Gasteiger partial charge in [-0.15, -0.1) is 0 Å². The van der Waals surface area contributed by atoms with Crippen molar-refractivity contribution < 1.29 is 9.36 Å². The number of hydrogen-bond donors (Lipinski definition) is 0. The monoisotopic (exact) mass is 122 g/mol. The van der Waals surface area contributed by atoms with Gasteiger partial charge in [0.25, 0.3) is 0 Å². The van der Waals surface area contributed by atoms with Crippen LogP contribution in [-0.2, 0) is 7.05 Å². The van der Waals surface area contributed by atoms with Crippen molar-refractivity contribution in [1.82, 2.24) is 0 Å². The maximum Gasteiger partial charge on any atom is 0.169 e. The van der Waals surface area contributed by atoms with Crippen LogP contribution in [0.15, 0.2) is 24.5 Å². The van der Waals surface area contributed by atoms with Crippen LogP contribution in [0.2, 0.25) is 0 Å². The van der Waals surface area contributed by atoms with Crippen LogP contribution < -0.4 is 4.57 Å². The van der Waals surface area contributed by atoms with Gasteiger partial charge < -0.3 is 0 Å². The molecule has 0 aliphatic rings. The SMILES string of the molecule is C[n+]1ccc(C=O)cc1. The van der Waals surface area contributed by atoms with E-state index in [4.69, 9.17) is 0 Å². The van der Waals surface area contributed by atoms with Gasteiger partial charge in [-0.05, 0) is 0 Å². The van der Waals surface area contributed by atoms with Crippen molar-refractivity contribution in [2.75, 3.05) is 0 Å². The molecular formula is C7H8NO+. The second-order valence-corrected chi connectivity index (χ2v) is 1.91. The molecule has 0 aromatic carbocycles. The molecule has 1 heterocycles. The molecular weight excluding hydrogens is 114 g/mol. The van der Waals surface area contributed by atoms with Gasteiger partial charge in [0.2, 0.25) is 0 Å². The second-order valence-electron chi connectivity index (χ2n) is 1.91. The fourth-order valence-corrected chi connectivity index (χ4v) is 0.591. The lowest BCUT2D eigenvalue weighted by atomic mass is 10.3. The molecule has 0 atom stereocenters. The predicted molar refractivity (Wildman–Crippen MR) is 33.0 cm³/mol. The average Bonchev–Trinajstić information content (AvgIpc) is 1.90. The van der Waals surface area contributed by atoms with Gasteiger partial charge in [-0.1, -0.05) is 0 Å². The first-order valence-electron chi connectivity index (χ1n) is 2.73. The Labute approximate surface area is 53.8 Å². The Hall–Kier alpha value is -1.18. The lowest BCUT2D eigenvalue weighted by Crippen LogP contribution is -2.25. The van der Waals surface area contributed by atoms with E-state index >= 15 is 0 Å². The van der Waals surface area contributed by atoms with Crippen molar-refractivity contribution >= 4 is 6.29 Å². The number of nitrogens with zero attached hydrogens (tertiary/aromatic N) is 1.